The van der Waals surface area contributed by atoms with Crippen LogP contribution in [0.2, 0.25) is 0 Å². The first kappa shape index (κ1) is 25.7. The average molecular weight is 618 g/mol. The second-order valence-electron chi connectivity index (χ2n) is 10.00. The van der Waals surface area contributed by atoms with E-state index in [2.05, 4.69) is 111 Å². The zero-order chi connectivity index (χ0) is 23.6. The monoisotopic (exact) mass is 617 g/mol. The third-order valence-corrected chi connectivity index (χ3v) is 5.46. The molecule has 0 aliphatic heterocycles. The van der Waals surface area contributed by atoms with Gasteiger partial charge in [-0.2, -0.15) is 0 Å². The summed E-state index contributed by atoms with van der Waals surface area (Å²) in [6.45, 7) is 17.5. The summed E-state index contributed by atoms with van der Waals surface area (Å²) in [6, 6.07) is 12.4. The van der Waals surface area contributed by atoms with Crippen LogP contribution in [0.4, 0.5) is 0 Å². The van der Waals surface area contributed by atoms with E-state index in [1.807, 2.05) is 13.1 Å². The molecule has 0 amide bonds. The van der Waals surface area contributed by atoms with Crippen molar-refractivity contribution in [2.75, 3.05) is 0 Å². The summed E-state index contributed by atoms with van der Waals surface area (Å²) in [4.78, 5) is 9.52. The first-order valence-corrected chi connectivity index (χ1v) is 13.2. The van der Waals surface area contributed by atoms with Gasteiger partial charge >= 0.3 is 28.2 Å². The van der Waals surface area contributed by atoms with Gasteiger partial charge in [0.05, 0.1) is 0 Å². The van der Waals surface area contributed by atoms with Gasteiger partial charge < -0.3 is 4.98 Å². The molecule has 0 saturated carbocycles. The number of pyridine rings is 3. The van der Waals surface area contributed by atoms with Crippen LogP contribution in [0.1, 0.15) is 64.1 Å². The third kappa shape index (κ3) is 6.02. The molecule has 0 atom stereocenters. The van der Waals surface area contributed by atoms with E-state index in [0.717, 1.165) is 33.9 Å². The van der Waals surface area contributed by atoms with Crippen LogP contribution in [-0.4, -0.2) is 9.97 Å². The molecule has 0 radical (unpaired) electrons. The molecule has 3 aromatic rings. The SMILES string of the molecule is Cc1nc(C)c(-c2cc(C(C)(C)C)cc[n+]2C)[c-]c1-c1cc(C(C)(C)C)ccn1.[Cl][Pt+]. The molecule has 31 heavy (non-hydrogen) atoms. The van der Waals surface area contributed by atoms with Crippen LogP contribution in [0, 0.1) is 19.9 Å². The van der Waals surface area contributed by atoms with E-state index in [-0.39, 0.29) is 10.8 Å². The van der Waals surface area contributed by atoms with E-state index < -0.39 is 0 Å². The van der Waals surface area contributed by atoms with Crippen molar-refractivity contribution >= 4 is 9.42 Å². The molecular weight excluding hydrogens is 585 g/mol. The number of halogens is 1. The molecule has 0 aliphatic carbocycles. The van der Waals surface area contributed by atoms with Crippen LogP contribution in [-0.2, 0) is 36.7 Å². The van der Waals surface area contributed by atoms with Gasteiger partial charge in [-0.25, -0.2) is 4.57 Å². The molecule has 3 aromatic heterocycles. The Kier molecular flexibility index (Phi) is 8.22. The fourth-order valence-electron chi connectivity index (χ4n) is 3.49. The molecule has 168 valence electrons. The minimum atomic E-state index is 0.0695. The Labute approximate surface area is 203 Å². The molecular formula is C26H33ClN3Pt+. The van der Waals surface area contributed by atoms with Crippen LogP contribution < -0.4 is 4.57 Å². The van der Waals surface area contributed by atoms with Crippen LogP contribution in [0.15, 0.2) is 36.7 Å². The van der Waals surface area contributed by atoms with Crippen molar-refractivity contribution in [1.82, 2.24) is 9.97 Å². The number of aromatic nitrogens is 3. The van der Waals surface area contributed by atoms with Crippen molar-refractivity contribution < 1.29 is 23.3 Å². The van der Waals surface area contributed by atoms with E-state index in [4.69, 9.17) is 4.98 Å². The van der Waals surface area contributed by atoms with Crippen molar-refractivity contribution in [3.05, 3.63) is 65.2 Å². The topological polar surface area (TPSA) is 29.7 Å². The summed E-state index contributed by atoms with van der Waals surface area (Å²) < 4.78 is 2.15. The molecule has 0 spiro atoms. The molecule has 0 saturated heterocycles. The molecule has 0 fully saturated rings. The van der Waals surface area contributed by atoms with Gasteiger partial charge in [0.25, 0.3) is 0 Å². The van der Waals surface area contributed by atoms with Gasteiger partial charge in [-0.15, -0.1) is 6.07 Å². The predicted octanol–water partition coefficient (Wildman–Crippen LogP) is 6.33. The normalized spacial score (nSPS) is 11.7. The van der Waals surface area contributed by atoms with Crippen molar-refractivity contribution in [2.24, 2.45) is 7.05 Å². The number of hydrogen-bond acceptors (Lipinski definition) is 2. The summed E-state index contributed by atoms with van der Waals surface area (Å²) in [7, 11) is 6.69. The number of nitrogens with zero attached hydrogens (tertiary/aromatic N) is 3. The van der Waals surface area contributed by atoms with Gasteiger partial charge in [-0.3, -0.25) is 4.98 Å². The van der Waals surface area contributed by atoms with Gasteiger partial charge in [0.15, 0.2) is 11.9 Å². The van der Waals surface area contributed by atoms with Crippen LogP contribution >= 0.6 is 9.42 Å². The first-order chi connectivity index (χ1) is 14.4. The van der Waals surface area contributed by atoms with E-state index in [1.54, 1.807) is 18.8 Å². The Morgan fingerprint density at radius 1 is 0.871 bits per heavy atom. The van der Waals surface area contributed by atoms with E-state index in [9.17, 15) is 0 Å². The molecule has 3 rings (SSSR count). The van der Waals surface area contributed by atoms with E-state index in [0.29, 0.717) is 0 Å². The molecule has 0 aromatic carbocycles. The number of rotatable bonds is 2. The van der Waals surface area contributed by atoms with Crippen molar-refractivity contribution in [3.63, 3.8) is 0 Å². The first-order valence-electron chi connectivity index (χ1n) is 10.4. The molecule has 0 bridgehead atoms. The summed E-state index contributed by atoms with van der Waals surface area (Å²) in [5.74, 6) is 0. The Morgan fingerprint density at radius 3 is 2.00 bits per heavy atom. The molecule has 0 unspecified atom stereocenters. The fourth-order valence-corrected chi connectivity index (χ4v) is 3.49. The summed E-state index contributed by atoms with van der Waals surface area (Å²) in [5.41, 5.74) is 8.71. The van der Waals surface area contributed by atoms with Crippen LogP contribution in [0.3, 0.4) is 0 Å². The minimum absolute atomic E-state index is 0.0695. The maximum atomic E-state index is 4.87. The Bertz CT molecular complexity index is 1060. The zero-order valence-electron chi connectivity index (χ0n) is 20.0. The second-order valence-corrected chi connectivity index (χ2v) is 10.00. The quantitative estimate of drug-likeness (QED) is 0.248. The third-order valence-electron chi connectivity index (χ3n) is 5.46. The Morgan fingerprint density at radius 2 is 1.42 bits per heavy atom. The van der Waals surface area contributed by atoms with Crippen molar-refractivity contribution in [2.45, 2.75) is 66.2 Å². The Balaban J connectivity index is 0.00000166. The molecule has 3 heterocycles. The summed E-state index contributed by atoms with van der Waals surface area (Å²) in [5, 5.41) is 0. The summed E-state index contributed by atoms with van der Waals surface area (Å²) >= 11 is 1.61. The van der Waals surface area contributed by atoms with Gasteiger partial charge in [0.2, 0.25) is 0 Å². The molecule has 5 heteroatoms. The maximum absolute atomic E-state index is 4.87. The molecule has 3 nitrogen and oxygen atoms in total. The Hall–Kier alpha value is -1.57. The predicted molar refractivity (Wildman–Crippen MR) is 126 cm³/mol. The average Bonchev–Trinajstić information content (AvgIpc) is 2.69. The van der Waals surface area contributed by atoms with Gasteiger partial charge in [-0.05, 0) is 51.0 Å². The second kappa shape index (κ2) is 9.92. The van der Waals surface area contributed by atoms with E-state index in [1.165, 1.54) is 11.1 Å². The van der Waals surface area contributed by atoms with Gasteiger partial charge in [0.1, 0.15) is 7.05 Å². The molecule has 0 N–H and O–H groups in total. The van der Waals surface area contributed by atoms with Crippen LogP contribution in [0.25, 0.3) is 22.5 Å². The van der Waals surface area contributed by atoms with Crippen molar-refractivity contribution in [1.29, 1.82) is 0 Å². The van der Waals surface area contributed by atoms with Gasteiger partial charge in [-0.1, -0.05) is 67.0 Å². The molecule has 0 aliphatic rings. The zero-order valence-corrected chi connectivity index (χ0v) is 23.0. The van der Waals surface area contributed by atoms with E-state index >= 15 is 0 Å². The number of aryl methyl sites for hydroxylation is 3. The summed E-state index contributed by atoms with van der Waals surface area (Å²) in [6.07, 6.45) is 4.02. The van der Waals surface area contributed by atoms with Crippen LogP contribution in [0.5, 0.6) is 0 Å². The standard InChI is InChI=1S/C26H33N3.ClH.Pt/c1-17-21(23-14-19(10-12-27-23)25(3,4)5)16-22(18(2)28-17)24-15-20(26(6,7)8)11-13-29(24)9;;/h10-15H,1-9H3;1H;/q;;+2/p-1. The van der Waals surface area contributed by atoms with Crippen molar-refractivity contribution in [3.8, 4) is 22.5 Å². The number of hydrogen-bond donors (Lipinski definition) is 0. The fraction of sp³-hybridized carbons (Fsp3) is 0.423. The van der Waals surface area contributed by atoms with Gasteiger partial charge in [0, 0.05) is 18.0 Å².